The minimum Gasteiger partial charge on any atom is -0.482 e. The summed E-state index contributed by atoms with van der Waals surface area (Å²) in [6, 6.07) is 13.8. The third kappa shape index (κ3) is 3.74. The van der Waals surface area contributed by atoms with Crippen molar-refractivity contribution in [2.75, 3.05) is 6.54 Å². The second-order valence-electron chi connectivity index (χ2n) is 7.27. The lowest BCUT2D eigenvalue weighted by Gasteiger charge is -2.26. The van der Waals surface area contributed by atoms with Crippen molar-refractivity contribution in [3.8, 4) is 5.75 Å². The van der Waals surface area contributed by atoms with Crippen molar-refractivity contribution in [3.63, 3.8) is 0 Å². The number of H-pyrrole nitrogens is 1. The van der Waals surface area contributed by atoms with E-state index in [1.165, 1.54) is 6.92 Å². The van der Waals surface area contributed by atoms with E-state index < -0.39 is 6.10 Å². The van der Waals surface area contributed by atoms with Gasteiger partial charge in [0.15, 0.2) is 11.5 Å². The number of carbonyl (C=O) groups excluding carboxylic acids is 3. The Kier molecular flexibility index (Phi) is 5.18. The van der Waals surface area contributed by atoms with E-state index in [9.17, 15) is 19.2 Å². The fourth-order valence-corrected chi connectivity index (χ4v) is 3.54. The largest absolute Gasteiger partial charge is 0.482 e. The lowest BCUT2D eigenvalue weighted by atomic mass is 9.96. The quantitative estimate of drug-likeness (QED) is 0.680. The zero-order valence-corrected chi connectivity index (χ0v) is 16.4. The SMILES string of the molecule is CC(=O)CCNC(=O)c1cccc(C2CC(=O)c3[nH]c(=O)c4ccccc4c3O2)c1. The van der Waals surface area contributed by atoms with Crippen molar-refractivity contribution in [1.29, 1.82) is 0 Å². The van der Waals surface area contributed by atoms with Gasteiger partial charge in [-0.25, -0.2) is 0 Å². The van der Waals surface area contributed by atoms with Crippen LogP contribution in [-0.4, -0.2) is 29.0 Å². The molecule has 1 aliphatic heterocycles. The number of nitrogens with one attached hydrogen (secondary N) is 2. The Morgan fingerprint density at radius 2 is 1.87 bits per heavy atom. The van der Waals surface area contributed by atoms with Crippen LogP contribution in [0.2, 0.25) is 0 Å². The molecular formula is C23H20N2O5. The van der Waals surface area contributed by atoms with Crippen LogP contribution in [-0.2, 0) is 4.79 Å². The molecule has 1 aromatic heterocycles. The number of carbonyl (C=O) groups is 3. The van der Waals surface area contributed by atoms with E-state index >= 15 is 0 Å². The number of aromatic amines is 1. The number of ketones is 2. The normalized spacial score (nSPS) is 15.4. The second-order valence-corrected chi connectivity index (χ2v) is 7.27. The van der Waals surface area contributed by atoms with Crippen molar-refractivity contribution in [2.45, 2.75) is 25.9 Å². The van der Waals surface area contributed by atoms with Gasteiger partial charge in [0, 0.05) is 23.9 Å². The fraction of sp³-hybridized carbons (Fsp3) is 0.217. The van der Waals surface area contributed by atoms with Crippen LogP contribution in [0.4, 0.5) is 0 Å². The number of ether oxygens (including phenoxy) is 1. The van der Waals surface area contributed by atoms with Crippen molar-refractivity contribution >= 4 is 28.2 Å². The third-order valence-electron chi connectivity index (χ3n) is 5.07. The molecule has 0 bridgehead atoms. The number of hydrogen-bond acceptors (Lipinski definition) is 5. The Balaban J connectivity index is 1.64. The minimum absolute atomic E-state index is 0.00195. The maximum atomic E-state index is 12.7. The van der Waals surface area contributed by atoms with Gasteiger partial charge in [-0.3, -0.25) is 19.2 Å². The van der Waals surface area contributed by atoms with E-state index in [0.717, 1.165) is 0 Å². The van der Waals surface area contributed by atoms with Gasteiger partial charge in [0.25, 0.3) is 11.5 Å². The minimum atomic E-state index is -0.579. The van der Waals surface area contributed by atoms with Crippen LogP contribution in [0.25, 0.3) is 10.8 Å². The molecule has 0 spiro atoms. The first-order chi connectivity index (χ1) is 14.4. The maximum Gasteiger partial charge on any atom is 0.256 e. The molecule has 0 radical (unpaired) electrons. The number of fused-ring (bicyclic) bond motifs is 3. The monoisotopic (exact) mass is 404 g/mol. The van der Waals surface area contributed by atoms with Gasteiger partial charge in [-0.1, -0.05) is 30.3 Å². The summed E-state index contributed by atoms with van der Waals surface area (Å²) in [5.41, 5.74) is 0.949. The Labute approximate surface area is 172 Å². The Bertz CT molecular complexity index is 1230. The van der Waals surface area contributed by atoms with E-state index in [2.05, 4.69) is 10.3 Å². The lowest BCUT2D eigenvalue weighted by Crippen LogP contribution is -2.27. The highest BCUT2D eigenvalue weighted by atomic mass is 16.5. The van der Waals surface area contributed by atoms with Crippen molar-refractivity contribution in [2.24, 2.45) is 0 Å². The average Bonchev–Trinajstić information content (AvgIpc) is 2.74. The second kappa shape index (κ2) is 7.94. The molecule has 1 amide bonds. The van der Waals surface area contributed by atoms with Gasteiger partial charge in [-0.2, -0.15) is 0 Å². The van der Waals surface area contributed by atoms with E-state index in [4.69, 9.17) is 4.74 Å². The van der Waals surface area contributed by atoms with Crippen LogP contribution in [0, 0.1) is 0 Å². The Hall–Kier alpha value is -3.74. The van der Waals surface area contributed by atoms with Crippen molar-refractivity contribution in [3.05, 3.63) is 75.7 Å². The summed E-state index contributed by atoms with van der Waals surface area (Å²) in [5.74, 6) is -0.166. The van der Waals surface area contributed by atoms with Gasteiger partial charge in [0.1, 0.15) is 17.6 Å². The molecule has 7 heteroatoms. The molecule has 0 saturated carbocycles. The predicted molar refractivity (Wildman–Crippen MR) is 111 cm³/mol. The number of aromatic nitrogens is 1. The van der Waals surface area contributed by atoms with Gasteiger partial charge in [-0.15, -0.1) is 0 Å². The molecule has 0 aliphatic carbocycles. The molecule has 30 heavy (non-hydrogen) atoms. The molecule has 7 nitrogen and oxygen atoms in total. The summed E-state index contributed by atoms with van der Waals surface area (Å²) in [6.45, 7) is 1.74. The summed E-state index contributed by atoms with van der Waals surface area (Å²) >= 11 is 0. The molecule has 4 rings (SSSR count). The van der Waals surface area contributed by atoms with Crippen LogP contribution in [0.3, 0.4) is 0 Å². The first kappa shape index (κ1) is 19.6. The van der Waals surface area contributed by atoms with E-state index in [1.807, 2.05) is 0 Å². The predicted octanol–water partition coefficient (Wildman–Crippen LogP) is 2.94. The van der Waals surface area contributed by atoms with Gasteiger partial charge in [-0.05, 0) is 30.7 Å². The maximum absolute atomic E-state index is 12.7. The summed E-state index contributed by atoms with van der Waals surface area (Å²) in [7, 11) is 0. The molecular weight excluding hydrogens is 384 g/mol. The van der Waals surface area contributed by atoms with Gasteiger partial charge in [0.2, 0.25) is 0 Å². The highest BCUT2D eigenvalue weighted by molar-refractivity contribution is 6.04. The van der Waals surface area contributed by atoms with Crippen molar-refractivity contribution < 1.29 is 19.1 Å². The molecule has 1 aliphatic rings. The summed E-state index contributed by atoms with van der Waals surface area (Å²) in [5, 5.41) is 3.73. The van der Waals surface area contributed by atoms with Gasteiger partial charge in [0.05, 0.1) is 11.8 Å². The molecule has 2 aromatic carbocycles. The molecule has 152 valence electrons. The lowest BCUT2D eigenvalue weighted by molar-refractivity contribution is -0.116. The molecule has 2 N–H and O–H groups in total. The highest BCUT2D eigenvalue weighted by Gasteiger charge is 2.30. The van der Waals surface area contributed by atoms with Gasteiger partial charge >= 0.3 is 0 Å². The van der Waals surface area contributed by atoms with Crippen LogP contribution in [0.15, 0.2) is 53.3 Å². The molecule has 3 aromatic rings. The number of Topliss-reactive ketones (excluding diaryl/α,β-unsaturated/α-hetero) is 2. The van der Waals surface area contributed by atoms with Crippen LogP contribution in [0.1, 0.15) is 52.3 Å². The molecule has 1 unspecified atom stereocenters. The molecule has 2 heterocycles. The molecule has 1 atom stereocenters. The van der Waals surface area contributed by atoms with E-state index in [-0.39, 0.29) is 48.1 Å². The average molecular weight is 404 g/mol. The number of amides is 1. The summed E-state index contributed by atoms with van der Waals surface area (Å²) in [4.78, 5) is 51.0. The zero-order chi connectivity index (χ0) is 21.3. The van der Waals surface area contributed by atoms with E-state index in [1.54, 1.807) is 48.5 Å². The van der Waals surface area contributed by atoms with Crippen LogP contribution in [0.5, 0.6) is 5.75 Å². The number of rotatable bonds is 5. The molecule has 0 fully saturated rings. The summed E-state index contributed by atoms with van der Waals surface area (Å²) in [6.07, 6.45) is -0.256. The zero-order valence-electron chi connectivity index (χ0n) is 16.4. The molecule has 0 saturated heterocycles. The number of pyridine rings is 1. The highest BCUT2D eigenvalue weighted by Crippen LogP contribution is 2.37. The third-order valence-corrected chi connectivity index (χ3v) is 5.07. The van der Waals surface area contributed by atoms with E-state index in [0.29, 0.717) is 27.6 Å². The number of benzene rings is 2. The standard InChI is InChI=1S/C23H20N2O5/c1-13(26)9-10-24-22(28)15-6-4-5-14(11-15)19-12-18(27)20-21(30-19)16-7-2-3-8-17(16)23(29)25-20/h2-8,11,19H,9-10,12H2,1H3,(H,24,28)(H,25,29). The summed E-state index contributed by atoms with van der Waals surface area (Å²) < 4.78 is 6.14. The topological polar surface area (TPSA) is 105 Å². The fourth-order valence-electron chi connectivity index (χ4n) is 3.54. The Morgan fingerprint density at radius 3 is 2.63 bits per heavy atom. The van der Waals surface area contributed by atoms with Gasteiger partial charge < -0.3 is 15.0 Å². The first-order valence-electron chi connectivity index (χ1n) is 9.66. The smallest absolute Gasteiger partial charge is 0.256 e. The first-order valence-corrected chi connectivity index (χ1v) is 9.66. The number of hydrogen-bond donors (Lipinski definition) is 2. The van der Waals surface area contributed by atoms with Crippen molar-refractivity contribution in [1.82, 2.24) is 10.3 Å². The van der Waals surface area contributed by atoms with Crippen LogP contribution < -0.4 is 15.6 Å². The Morgan fingerprint density at radius 1 is 1.10 bits per heavy atom. The van der Waals surface area contributed by atoms with Crippen LogP contribution >= 0.6 is 0 Å².